The van der Waals surface area contributed by atoms with Crippen LogP contribution in [-0.2, 0) is 16.0 Å². The first kappa shape index (κ1) is 18.0. The van der Waals surface area contributed by atoms with Gasteiger partial charge in [-0.05, 0) is 30.5 Å². The number of nitrogens with zero attached hydrogens (tertiary/aromatic N) is 1. The molecule has 2 amide bonds. The van der Waals surface area contributed by atoms with Crippen molar-refractivity contribution in [2.24, 2.45) is 5.92 Å². The quantitative estimate of drug-likeness (QED) is 0.911. The summed E-state index contributed by atoms with van der Waals surface area (Å²) in [6, 6.07) is 12.6. The molecule has 2 aromatic carbocycles. The molecule has 0 atom stereocenters. The zero-order chi connectivity index (χ0) is 18.5. The van der Waals surface area contributed by atoms with Gasteiger partial charge in [-0.2, -0.15) is 0 Å². The van der Waals surface area contributed by atoms with Gasteiger partial charge < -0.3 is 10.2 Å². The number of benzene rings is 2. The summed E-state index contributed by atoms with van der Waals surface area (Å²) in [5.41, 5.74) is 0.933. The molecule has 0 aliphatic carbocycles. The van der Waals surface area contributed by atoms with E-state index in [9.17, 15) is 18.4 Å². The normalized spacial score (nSPS) is 14.9. The molecule has 4 nitrogen and oxygen atoms in total. The maximum atomic E-state index is 13.6. The second kappa shape index (κ2) is 8.08. The summed E-state index contributed by atoms with van der Waals surface area (Å²) in [5.74, 6) is -2.04. The third-order valence-corrected chi connectivity index (χ3v) is 4.61. The molecule has 6 heteroatoms. The fourth-order valence-electron chi connectivity index (χ4n) is 3.10. The van der Waals surface area contributed by atoms with Crippen molar-refractivity contribution in [3.63, 3.8) is 0 Å². The number of likely N-dealkylation sites (tertiary alicyclic amines) is 1. The lowest BCUT2D eigenvalue weighted by Gasteiger charge is -2.31. The molecule has 1 aliphatic rings. The van der Waals surface area contributed by atoms with Crippen molar-refractivity contribution in [3.8, 4) is 0 Å². The highest BCUT2D eigenvalue weighted by molar-refractivity contribution is 5.92. The van der Waals surface area contributed by atoms with E-state index in [1.165, 1.54) is 6.07 Å². The lowest BCUT2D eigenvalue weighted by Crippen LogP contribution is -2.42. The van der Waals surface area contributed by atoms with E-state index < -0.39 is 11.6 Å². The lowest BCUT2D eigenvalue weighted by atomic mass is 9.95. The molecule has 0 aromatic heterocycles. The first-order valence-corrected chi connectivity index (χ1v) is 8.60. The number of carbonyl (C=O) groups excluding carboxylic acids is 2. The Bertz CT molecular complexity index is 788. The van der Waals surface area contributed by atoms with Gasteiger partial charge >= 0.3 is 0 Å². The van der Waals surface area contributed by atoms with E-state index in [-0.39, 0.29) is 23.4 Å². The molecule has 1 fully saturated rings. The van der Waals surface area contributed by atoms with Crippen LogP contribution in [-0.4, -0.2) is 29.8 Å². The number of hydrogen-bond acceptors (Lipinski definition) is 2. The number of anilines is 1. The number of halogens is 2. The van der Waals surface area contributed by atoms with Crippen LogP contribution in [0, 0.1) is 17.6 Å². The van der Waals surface area contributed by atoms with Crippen molar-refractivity contribution in [2.45, 2.75) is 19.3 Å². The molecule has 0 unspecified atom stereocenters. The number of carbonyl (C=O) groups is 2. The number of rotatable bonds is 4. The summed E-state index contributed by atoms with van der Waals surface area (Å²) in [7, 11) is 0. The summed E-state index contributed by atoms with van der Waals surface area (Å²) >= 11 is 0. The highest BCUT2D eigenvalue weighted by Crippen LogP contribution is 2.22. The summed E-state index contributed by atoms with van der Waals surface area (Å²) in [6.07, 6.45) is 1.39. The van der Waals surface area contributed by atoms with Gasteiger partial charge in [0.05, 0.1) is 12.1 Å². The van der Waals surface area contributed by atoms with Crippen LogP contribution in [0.15, 0.2) is 48.5 Å². The van der Waals surface area contributed by atoms with Crippen LogP contribution in [0.4, 0.5) is 14.5 Å². The molecular formula is C20H20F2N2O2. The fraction of sp³-hybridized carbons (Fsp3) is 0.300. The predicted molar refractivity (Wildman–Crippen MR) is 94.4 cm³/mol. The smallest absolute Gasteiger partial charge is 0.227 e. The summed E-state index contributed by atoms with van der Waals surface area (Å²) in [6.45, 7) is 0.991. The van der Waals surface area contributed by atoms with Gasteiger partial charge in [0, 0.05) is 25.1 Å². The Labute approximate surface area is 150 Å². The SMILES string of the molecule is O=C(Nc1ccc(F)cc1F)C1CCN(C(=O)Cc2ccccc2)CC1. The van der Waals surface area contributed by atoms with E-state index in [1.807, 2.05) is 30.3 Å². The molecule has 1 heterocycles. The number of amides is 2. The third-order valence-electron chi connectivity index (χ3n) is 4.61. The summed E-state index contributed by atoms with van der Waals surface area (Å²) < 4.78 is 26.6. The minimum atomic E-state index is -0.797. The van der Waals surface area contributed by atoms with Gasteiger partial charge in [-0.25, -0.2) is 8.78 Å². The molecule has 2 aromatic rings. The maximum absolute atomic E-state index is 13.6. The Hall–Kier alpha value is -2.76. The van der Waals surface area contributed by atoms with Gasteiger partial charge in [0.25, 0.3) is 0 Å². The molecule has 0 bridgehead atoms. The van der Waals surface area contributed by atoms with Gasteiger partial charge in [0.15, 0.2) is 0 Å². The molecule has 1 aliphatic heterocycles. The number of piperidine rings is 1. The first-order chi connectivity index (χ1) is 12.5. The van der Waals surface area contributed by atoms with Crippen LogP contribution < -0.4 is 5.32 Å². The zero-order valence-electron chi connectivity index (χ0n) is 14.3. The van der Waals surface area contributed by atoms with Crippen molar-refractivity contribution >= 4 is 17.5 Å². The second-order valence-electron chi connectivity index (χ2n) is 6.43. The Balaban J connectivity index is 1.51. The Morgan fingerprint density at radius 2 is 1.73 bits per heavy atom. The molecule has 0 spiro atoms. The minimum absolute atomic E-state index is 0.0287. The maximum Gasteiger partial charge on any atom is 0.227 e. The molecule has 0 saturated carbocycles. The van der Waals surface area contributed by atoms with E-state index in [2.05, 4.69) is 5.32 Å². The minimum Gasteiger partial charge on any atom is -0.342 e. The van der Waals surface area contributed by atoms with Crippen LogP contribution >= 0.6 is 0 Å². The third kappa shape index (κ3) is 4.45. The highest BCUT2D eigenvalue weighted by atomic mass is 19.1. The summed E-state index contributed by atoms with van der Waals surface area (Å²) in [4.78, 5) is 26.4. The second-order valence-corrected chi connectivity index (χ2v) is 6.43. The van der Waals surface area contributed by atoms with Crippen molar-refractivity contribution in [2.75, 3.05) is 18.4 Å². The average Bonchev–Trinajstić information content (AvgIpc) is 2.65. The van der Waals surface area contributed by atoms with Crippen molar-refractivity contribution in [1.29, 1.82) is 0 Å². The molecule has 136 valence electrons. The predicted octanol–water partition coefficient (Wildman–Crippen LogP) is 3.38. The van der Waals surface area contributed by atoms with Crippen LogP contribution in [0.3, 0.4) is 0 Å². The van der Waals surface area contributed by atoms with Gasteiger partial charge in [0.1, 0.15) is 11.6 Å². The van der Waals surface area contributed by atoms with Crippen LogP contribution in [0.1, 0.15) is 18.4 Å². The van der Waals surface area contributed by atoms with E-state index in [0.717, 1.165) is 17.7 Å². The standard InChI is InChI=1S/C20H20F2N2O2/c21-16-6-7-18(17(22)13-16)23-20(26)15-8-10-24(11-9-15)19(25)12-14-4-2-1-3-5-14/h1-7,13,15H,8-12H2,(H,23,26). The largest absolute Gasteiger partial charge is 0.342 e. The molecule has 3 rings (SSSR count). The van der Waals surface area contributed by atoms with Crippen molar-refractivity contribution < 1.29 is 18.4 Å². The van der Waals surface area contributed by atoms with Crippen molar-refractivity contribution in [3.05, 3.63) is 65.7 Å². The van der Waals surface area contributed by atoms with Gasteiger partial charge in [-0.1, -0.05) is 30.3 Å². The molecule has 0 radical (unpaired) electrons. The van der Waals surface area contributed by atoms with E-state index >= 15 is 0 Å². The molecule has 26 heavy (non-hydrogen) atoms. The van der Waals surface area contributed by atoms with Gasteiger partial charge in [-0.15, -0.1) is 0 Å². The summed E-state index contributed by atoms with van der Waals surface area (Å²) in [5, 5.41) is 2.51. The van der Waals surface area contributed by atoms with Crippen LogP contribution in [0.2, 0.25) is 0 Å². The van der Waals surface area contributed by atoms with Gasteiger partial charge in [0.2, 0.25) is 11.8 Å². The van der Waals surface area contributed by atoms with Crippen LogP contribution in [0.25, 0.3) is 0 Å². The Morgan fingerprint density at radius 1 is 1.04 bits per heavy atom. The fourth-order valence-corrected chi connectivity index (χ4v) is 3.10. The van der Waals surface area contributed by atoms with E-state index in [1.54, 1.807) is 4.90 Å². The topological polar surface area (TPSA) is 49.4 Å². The average molecular weight is 358 g/mol. The highest BCUT2D eigenvalue weighted by Gasteiger charge is 2.27. The van der Waals surface area contributed by atoms with E-state index in [0.29, 0.717) is 32.4 Å². The number of hydrogen-bond donors (Lipinski definition) is 1. The molecule has 1 N–H and O–H groups in total. The molecular weight excluding hydrogens is 338 g/mol. The monoisotopic (exact) mass is 358 g/mol. The number of nitrogens with one attached hydrogen (secondary N) is 1. The van der Waals surface area contributed by atoms with Crippen LogP contribution in [0.5, 0.6) is 0 Å². The van der Waals surface area contributed by atoms with E-state index in [4.69, 9.17) is 0 Å². The van der Waals surface area contributed by atoms with Gasteiger partial charge in [-0.3, -0.25) is 9.59 Å². The Kier molecular flexibility index (Phi) is 5.61. The first-order valence-electron chi connectivity index (χ1n) is 8.60. The Morgan fingerprint density at radius 3 is 2.38 bits per heavy atom. The zero-order valence-corrected chi connectivity index (χ0v) is 14.3. The lowest BCUT2D eigenvalue weighted by molar-refractivity contribution is -0.133. The van der Waals surface area contributed by atoms with Crippen molar-refractivity contribution in [1.82, 2.24) is 4.90 Å². The molecule has 1 saturated heterocycles.